The molecule has 188 valence electrons. The highest BCUT2D eigenvalue weighted by atomic mass is 32.1. The van der Waals surface area contributed by atoms with Gasteiger partial charge in [0.05, 0.1) is 11.8 Å². The number of aryl methyl sites for hydroxylation is 1. The topological polar surface area (TPSA) is 141 Å². The lowest BCUT2D eigenvalue weighted by molar-refractivity contribution is -0.123. The number of benzene rings is 2. The minimum Gasteiger partial charge on any atom is -0.395 e. The average molecular weight is 512 g/mol. The second-order valence-electron chi connectivity index (χ2n) is 8.43. The summed E-state index contributed by atoms with van der Waals surface area (Å²) in [7, 11) is 0. The Morgan fingerprint density at radius 1 is 1.22 bits per heavy atom. The smallest absolute Gasteiger partial charge is 0.273 e. The van der Waals surface area contributed by atoms with Crippen molar-refractivity contribution < 1.29 is 23.5 Å². The summed E-state index contributed by atoms with van der Waals surface area (Å²) in [5.41, 5.74) is 12.6. The summed E-state index contributed by atoms with van der Waals surface area (Å²) in [5, 5.41) is 2.88. The number of anilines is 2. The van der Waals surface area contributed by atoms with Gasteiger partial charge in [-0.15, -0.1) is 0 Å². The Hall–Kier alpha value is -3.83. The second kappa shape index (κ2) is 10.8. The van der Waals surface area contributed by atoms with Gasteiger partial charge in [-0.3, -0.25) is 19.3 Å². The first-order chi connectivity index (χ1) is 17.3. The van der Waals surface area contributed by atoms with E-state index >= 15 is 0 Å². The molecule has 1 aliphatic rings. The van der Waals surface area contributed by atoms with E-state index in [0.717, 1.165) is 24.4 Å². The predicted octanol–water partition coefficient (Wildman–Crippen LogP) is 2.96. The van der Waals surface area contributed by atoms with Gasteiger partial charge in [-0.05, 0) is 60.6 Å². The first-order valence-corrected chi connectivity index (χ1v) is 12.1. The number of nitrogens with two attached hydrogens (primary N) is 2. The predicted molar refractivity (Wildman–Crippen MR) is 134 cm³/mol. The van der Waals surface area contributed by atoms with Gasteiger partial charge in [-0.1, -0.05) is 30.3 Å². The molecule has 0 radical (unpaired) electrons. The van der Waals surface area contributed by atoms with Crippen LogP contribution in [0.4, 0.5) is 15.8 Å². The molecule has 36 heavy (non-hydrogen) atoms. The number of amides is 3. The molecule has 3 aromatic rings. The van der Waals surface area contributed by atoms with Crippen molar-refractivity contribution in [2.24, 2.45) is 5.73 Å². The van der Waals surface area contributed by atoms with Crippen molar-refractivity contribution in [2.45, 2.75) is 31.9 Å². The van der Waals surface area contributed by atoms with E-state index in [1.165, 1.54) is 29.2 Å². The molecule has 0 unspecified atom stereocenters. The van der Waals surface area contributed by atoms with Crippen LogP contribution in [-0.2, 0) is 9.53 Å². The van der Waals surface area contributed by atoms with Crippen molar-refractivity contribution in [1.82, 2.24) is 9.69 Å². The number of primary amides is 1. The van der Waals surface area contributed by atoms with E-state index in [9.17, 15) is 18.8 Å². The van der Waals surface area contributed by atoms with Crippen LogP contribution in [0.15, 0.2) is 48.5 Å². The van der Waals surface area contributed by atoms with E-state index in [-0.39, 0.29) is 28.9 Å². The Kier molecular flexibility index (Phi) is 7.61. The first kappa shape index (κ1) is 25.3. The number of carbonyl (C=O) groups is 3. The molecule has 0 aliphatic carbocycles. The lowest BCUT2D eigenvalue weighted by Crippen LogP contribution is -2.46. The number of nitrogens with one attached hydrogen (secondary N) is 1. The molecule has 2 aromatic carbocycles. The van der Waals surface area contributed by atoms with Gasteiger partial charge in [-0.25, -0.2) is 4.39 Å². The molecule has 11 heteroatoms. The van der Waals surface area contributed by atoms with Crippen LogP contribution < -0.4 is 21.7 Å². The summed E-state index contributed by atoms with van der Waals surface area (Å²) < 4.78 is 23.3. The molecule has 3 amide bonds. The SMILES string of the molecule is Cc1ccccc1N(C(=O)c1snc(C(N)=O)c1N)[C@@H](C(=O)NC[C@@H]1CCCO1)c1ccc(F)cc1. The van der Waals surface area contributed by atoms with Gasteiger partial charge in [-0.2, -0.15) is 4.37 Å². The van der Waals surface area contributed by atoms with Crippen LogP contribution in [0.5, 0.6) is 0 Å². The van der Waals surface area contributed by atoms with Gasteiger partial charge in [0.1, 0.15) is 16.7 Å². The fraction of sp³-hybridized carbons (Fsp3) is 0.280. The number of carbonyl (C=O) groups excluding carboxylic acids is 3. The number of hydrogen-bond donors (Lipinski definition) is 3. The molecule has 9 nitrogen and oxygen atoms in total. The molecule has 2 heterocycles. The van der Waals surface area contributed by atoms with Crippen molar-refractivity contribution in [3.63, 3.8) is 0 Å². The van der Waals surface area contributed by atoms with Crippen LogP contribution in [0.3, 0.4) is 0 Å². The minimum atomic E-state index is -1.18. The number of nitrogens with zero attached hydrogens (tertiary/aromatic N) is 2. The van der Waals surface area contributed by atoms with Crippen molar-refractivity contribution in [1.29, 1.82) is 0 Å². The van der Waals surface area contributed by atoms with Crippen LogP contribution in [0.1, 0.15) is 50.2 Å². The minimum absolute atomic E-state index is 0.0360. The maximum Gasteiger partial charge on any atom is 0.273 e. The maximum atomic E-state index is 14.0. The van der Waals surface area contributed by atoms with E-state index in [4.69, 9.17) is 16.2 Å². The maximum absolute atomic E-state index is 14.0. The van der Waals surface area contributed by atoms with E-state index in [1.807, 2.05) is 0 Å². The van der Waals surface area contributed by atoms with Gasteiger partial charge in [0.2, 0.25) is 5.91 Å². The Balaban J connectivity index is 1.82. The van der Waals surface area contributed by atoms with Crippen LogP contribution in [-0.4, -0.2) is 41.4 Å². The number of aromatic nitrogens is 1. The molecule has 0 saturated carbocycles. The second-order valence-corrected chi connectivity index (χ2v) is 9.21. The standard InChI is InChI=1S/C25H26FN5O4S/c1-14-5-2-3-7-18(14)31(25(34)22-19(27)20(23(28)32)30-36-22)21(15-8-10-16(26)11-9-15)24(33)29-13-17-6-4-12-35-17/h2-3,5,7-11,17,21H,4,6,12-13,27H2,1H3,(H2,28,32)(H,29,33)/t17-,21+/m0/s1. The van der Waals surface area contributed by atoms with Crippen LogP contribution in [0.25, 0.3) is 0 Å². The number of rotatable bonds is 8. The van der Waals surface area contributed by atoms with Crippen LogP contribution in [0, 0.1) is 12.7 Å². The lowest BCUT2D eigenvalue weighted by Gasteiger charge is -2.32. The quantitative estimate of drug-likeness (QED) is 0.425. The summed E-state index contributed by atoms with van der Waals surface area (Å²) in [6.07, 6.45) is 1.60. The first-order valence-electron chi connectivity index (χ1n) is 11.4. The Labute approximate surface area is 211 Å². The van der Waals surface area contributed by atoms with Gasteiger partial charge >= 0.3 is 0 Å². The largest absolute Gasteiger partial charge is 0.395 e. The van der Waals surface area contributed by atoms with Crippen molar-refractivity contribution >= 4 is 40.6 Å². The molecule has 1 saturated heterocycles. The van der Waals surface area contributed by atoms with E-state index in [1.54, 1.807) is 31.2 Å². The lowest BCUT2D eigenvalue weighted by atomic mass is 10.0. The molecule has 1 aromatic heterocycles. The van der Waals surface area contributed by atoms with E-state index in [0.29, 0.717) is 23.4 Å². The Bertz CT molecular complexity index is 1270. The van der Waals surface area contributed by atoms with Gasteiger partial charge in [0.15, 0.2) is 5.69 Å². The average Bonchev–Trinajstić information content (AvgIpc) is 3.52. The van der Waals surface area contributed by atoms with Crippen molar-refractivity contribution in [3.8, 4) is 0 Å². The number of nitrogen functional groups attached to an aromatic ring is 1. The Morgan fingerprint density at radius 3 is 2.56 bits per heavy atom. The van der Waals surface area contributed by atoms with E-state index in [2.05, 4.69) is 9.69 Å². The van der Waals surface area contributed by atoms with Crippen molar-refractivity contribution in [2.75, 3.05) is 23.8 Å². The summed E-state index contributed by atoms with van der Waals surface area (Å²) >= 11 is 0.723. The fourth-order valence-electron chi connectivity index (χ4n) is 4.12. The Morgan fingerprint density at radius 2 is 1.94 bits per heavy atom. The summed E-state index contributed by atoms with van der Waals surface area (Å²) in [6.45, 7) is 2.69. The zero-order chi connectivity index (χ0) is 25.8. The van der Waals surface area contributed by atoms with Gasteiger partial charge in [0.25, 0.3) is 11.8 Å². The highest BCUT2D eigenvalue weighted by molar-refractivity contribution is 7.09. The summed E-state index contributed by atoms with van der Waals surface area (Å²) in [5.74, 6) is -2.47. The summed E-state index contributed by atoms with van der Waals surface area (Å²) in [6, 6.07) is 11.2. The highest BCUT2D eigenvalue weighted by Gasteiger charge is 2.37. The highest BCUT2D eigenvalue weighted by Crippen LogP contribution is 2.34. The number of halogens is 1. The third-order valence-corrected chi connectivity index (χ3v) is 6.82. The molecular formula is C25H26FN5O4S. The third-order valence-electron chi connectivity index (χ3n) is 5.97. The van der Waals surface area contributed by atoms with Crippen molar-refractivity contribution in [3.05, 3.63) is 76.0 Å². The van der Waals surface area contributed by atoms with Crippen LogP contribution >= 0.6 is 11.5 Å². The molecular weight excluding hydrogens is 485 g/mol. The molecule has 0 spiro atoms. The van der Waals surface area contributed by atoms with Crippen LogP contribution in [0.2, 0.25) is 0 Å². The molecule has 1 fully saturated rings. The third kappa shape index (κ3) is 5.21. The van der Waals surface area contributed by atoms with Gasteiger partial charge in [0, 0.05) is 18.8 Å². The summed E-state index contributed by atoms with van der Waals surface area (Å²) in [4.78, 5) is 40.6. The number of hydrogen-bond acceptors (Lipinski definition) is 7. The molecule has 4 rings (SSSR count). The number of ether oxygens (including phenoxy) is 1. The number of para-hydroxylation sites is 1. The molecule has 0 bridgehead atoms. The zero-order valence-corrected chi connectivity index (χ0v) is 20.4. The van der Waals surface area contributed by atoms with Gasteiger partial charge < -0.3 is 21.5 Å². The molecule has 2 atom stereocenters. The fourth-order valence-corrected chi connectivity index (χ4v) is 4.86. The zero-order valence-electron chi connectivity index (χ0n) is 19.6. The molecule has 5 N–H and O–H groups in total. The van der Waals surface area contributed by atoms with E-state index < -0.39 is 29.6 Å². The monoisotopic (exact) mass is 511 g/mol. The molecule has 1 aliphatic heterocycles. The normalized spacial score (nSPS) is 15.9.